The lowest BCUT2D eigenvalue weighted by atomic mass is 10.1. The summed E-state index contributed by atoms with van der Waals surface area (Å²) in [4.78, 5) is 1.51. The predicted octanol–water partition coefficient (Wildman–Crippen LogP) is 1.47. The van der Waals surface area contributed by atoms with Crippen molar-refractivity contribution in [1.29, 1.82) is 0 Å². The lowest BCUT2D eigenvalue weighted by Crippen LogP contribution is -2.48. The number of hydrogen-bond donors (Lipinski definition) is 0. The molecule has 0 radical (unpaired) electrons. The van der Waals surface area contributed by atoms with Gasteiger partial charge in [-0.05, 0) is 31.0 Å². The summed E-state index contributed by atoms with van der Waals surface area (Å²) in [6.45, 7) is 4.36. The molecule has 2 aliphatic heterocycles. The van der Waals surface area contributed by atoms with Crippen LogP contribution in [0.4, 0.5) is 8.78 Å². The lowest BCUT2D eigenvalue weighted by Gasteiger charge is -2.35. The second-order valence-corrected chi connectivity index (χ2v) is 8.35. The summed E-state index contributed by atoms with van der Waals surface area (Å²) in [5.41, 5.74) is 0. The Morgan fingerprint density at radius 3 is 2.42 bits per heavy atom. The Hall–Kier alpha value is -1.13. The van der Waals surface area contributed by atoms with Crippen LogP contribution in [-0.4, -0.2) is 76.3 Å². The van der Waals surface area contributed by atoms with Crippen LogP contribution in [0, 0.1) is 11.6 Å². The maximum atomic E-state index is 14.2. The number of benzene rings is 1. The number of halogens is 2. The van der Waals surface area contributed by atoms with Gasteiger partial charge in [0.25, 0.3) is 0 Å². The first kappa shape index (κ1) is 19.6. The Labute approximate surface area is 152 Å². The van der Waals surface area contributed by atoms with Crippen molar-refractivity contribution in [1.82, 2.24) is 9.21 Å². The molecule has 0 aromatic heterocycles. The van der Waals surface area contributed by atoms with Gasteiger partial charge in [-0.15, -0.1) is 0 Å². The van der Waals surface area contributed by atoms with E-state index in [4.69, 9.17) is 9.47 Å². The molecule has 6 nitrogen and oxygen atoms in total. The van der Waals surface area contributed by atoms with Crippen molar-refractivity contribution >= 4 is 10.0 Å². The van der Waals surface area contributed by atoms with Gasteiger partial charge in [-0.2, -0.15) is 4.31 Å². The molecule has 9 heteroatoms. The van der Waals surface area contributed by atoms with E-state index in [-0.39, 0.29) is 12.6 Å². The van der Waals surface area contributed by atoms with E-state index in [0.29, 0.717) is 45.8 Å². The molecule has 3 rings (SSSR count). The SMILES string of the molecule is O=S(=O)(c1cc(F)ccc1F)N(CCN1CCOCC1)C1CCOCC1. The van der Waals surface area contributed by atoms with E-state index >= 15 is 0 Å². The molecule has 0 bridgehead atoms. The van der Waals surface area contributed by atoms with Crippen molar-refractivity contribution in [3.05, 3.63) is 29.8 Å². The molecule has 2 saturated heterocycles. The highest BCUT2D eigenvalue weighted by atomic mass is 32.2. The first-order valence-electron chi connectivity index (χ1n) is 8.83. The molecule has 0 aliphatic carbocycles. The highest BCUT2D eigenvalue weighted by Gasteiger charge is 2.34. The zero-order chi connectivity index (χ0) is 18.6. The third kappa shape index (κ3) is 4.58. The van der Waals surface area contributed by atoms with Crippen molar-refractivity contribution < 1.29 is 26.7 Å². The fourth-order valence-corrected chi connectivity index (χ4v) is 5.09. The molecule has 1 aromatic carbocycles. The predicted molar refractivity (Wildman–Crippen MR) is 91.3 cm³/mol. The molecule has 2 heterocycles. The average molecular weight is 390 g/mol. The Morgan fingerprint density at radius 2 is 1.73 bits per heavy atom. The van der Waals surface area contributed by atoms with Crippen LogP contribution in [0.3, 0.4) is 0 Å². The van der Waals surface area contributed by atoms with E-state index < -0.39 is 26.6 Å². The zero-order valence-corrected chi connectivity index (χ0v) is 15.4. The minimum absolute atomic E-state index is 0.225. The van der Waals surface area contributed by atoms with Gasteiger partial charge in [-0.1, -0.05) is 0 Å². The highest BCUT2D eigenvalue weighted by Crippen LogP contribution is 2.26. The Bertz CT molecular complexity index is 705. The topological polar surface area (TPSA) is 59.1 Å². The van der Waals surface area contributed by atoms with Crippen LogP contribution in [0.25, 0.3) is 0 Å². The highest BCUT2D eigenvalue weighted by molar-refractivity contribution is 7.89. The summed E-state index contributed by atoms with van der Waals surface area (Å²) in [5.74, 6) is -1.71. The largest absolute Gasteiger partial charge is 0.381 e. The summed E-state index contributed by atoms with van der Waals surface area (Å²) < 4.78 is 65.9. The molecule has 2 aliphatic rings. The molecule has 0 atom stereocenters. The molecule has 0 amide bonds. The van der Waals surface area contributed by atoms with Gasteiger partial charge < -0.3 is 9.47 Å². The molecular weight excluding hydrogens is 366 g/mol. The number of morpholine rings is 1. The number of rotatable bonds is 6. The normalized spacial score (nSPS) is 20.6. The third-order valence-electron chi connectivity index (χ3n) is 4.82. The van der Waals surface area contributed by atoms with Gasteiger partial charge in [-0.3, -0.25) is 4.90 Å². The summed E-state index contributed by atoms with van der Waals surface area (Å²) >= 11 is 0. The first-order chi connectivity index (χ1) is 12.5. The van der Waals surface area contributed by atoms with Crippen LogP contribution in [0.15, 0.2) is 23.1 Å². The maximum Gasteiger partial charge on any atom is 0.246 e. The Morgan fingerprint density at radius 1 is 1.08 bits per heavy atom. The molecule has 0 spiro atoms. The quantitative estimate of drug-likeness (QED) is 0.736. The van der Waals surface area contributed by atoms with Crippen molar-refractivity contribution in [3.8, 4) is 0 Å². The minimum Gasteiger partial charge on any atom is -0.381 e. The van der Waals surface area contributed by atoms with Crippen LogP contribution in [0.1, 0.15) is 12.8 Å². The lowest BCUT2D eigenvalue weighted by molar-refractivity contribution is 0.0291. The third-order valence-corrected chi connectivity index (χ3v) is 6.79. The number of hydrogen-bond acceptors (Lipinski definition) is 5. The van der Waals surface area contributed by atoms with Crippen molar-refractivity contribution in [2.75, 3.05) is 52.6 Å². The van der Waals surface area contributed by atoms with Crippen molar-refractivity contribution in [3.63, 3.8) is 0 Å². The van der Waals surface area contributed by atoms with Crippen LogP contribution in [0.5, 0.6) is 0 Å². The first-order valence-corrected chi connectivity index (χ1v) is 10.3. The fraction of sp³-hybridized carbons (Fsp3) is 0.647. The molecular formula is C17H24F2N2O4S. The van der Waals surface area contributed by atoms with Crippen molar-refractivity contribution in [2.24, 2.45) is 0 Å². The Kier molecular flexibility index (Phi) is 6.57. The summed E-state index contributed by atoms with van der Waals surface area (Å²) in [6.07, 6.45) is 1.08. The van der Waals surface area contributed by atoms with Gasteiger partial charge >= 0.3 is 0 Å². The van der Waals surface area contributed by atoms with Crippen LogP contribution >= 0.6 is 0 Å². The van der Waals surface area contributed by atoms with E-state index in [0.717, 1.165) is 31.3 Å². The van der Waals surface area contributed by atoms with E-state index in [2.05, 4.69) is 4.90 Å². The number of ether oxygens (including phenoxy) is 2. The van der Waals surface area contributed by atoms with Crippen LogP contribution in [0.2, 0.25) is 0 Å². The smallest absolute Gasteiger partial charge is 0.246 e. The van der Waals surface area contributed by atoms with E-state index in [9.17, 15) is 17.2 Å². The standard InChI is InChI=1S/C17H24F2N2O4S/c18-14-1-2-16(19)17(13-14)26(22,23)21(15-3-9-24-10-4-15)6-5-20-7-11-25-12-8-20/h1-2,13,15H,3-12H2. The number of sulfonamides is 1. The molecule has 0 N–H and O–H groups in total. The van der Waals surface area contributed by atoms with Gasteiger partial charge in [-0.25, -0.2) is 17.2 Å². The summed E-state index contributed by atoms with van der Waals surface area (Å²) in [6, 6.07) is 2.25. The second-order valence-electron chi connectivity index (χ2n) is 6.49. The fourth-order valence-electron chi connectivity index (χ4n) is 3.34. The zero-order valence-electron chi connectivity index (χ0n) is 14.6. The van der Waals surface area contributed by atoms with E-state index in [1.54, 1.807) is 0 Å². The molecule has 2 fully saturated rings. The van der Waals surface area contributed by atoms with Crippen LogP contribution in [-0.2, 0) is 19.5 Å². The molecule has 146 valence electrons. The van der Waals surface area contributed by atoms with E-state index in [1.807, 2.05) is 0 Å². The number of nitrogens with zero attached hydrogens (tertiary/aromatic N) is 2. The van der Waals surface area contributed by atoms with Gasteiger partial charge in [0.15, 0.2) is 0 Å². The van der Waals surface area contributed by atoms with E-state index in [1.165, 1.54) is 4.31 Å². The molecule has 0 unspecified atom stereocenters. The van der Waals surface area contributed by atoms with Gasteiger partial charge in [0.05, 0.1) is 13.2 Å². The average Bonchev–Trinajstić information content (AvgIpc) is 2.65. The summed E-state index contributed by atoms with van der Waals surface area (Å²) in [7, 11) is -4.15. The molecule has 1 aromatic rings. The van der Waals surface area contributed by atoms with Gasteiger partial charge in [0.1, 0.15) is 16.5 Å². The second kappa shape index (κ2) is 8.71. The van der Waals surface area contributed by atoms with Crippen LogP contribution < -0.4 is 0 Å². The molecule has 0 saturated carbocycles. The summed E-state index contributed by atoms with van der Waals surface area (Å²) in [5, 5.41) is 0. The monoisotopic (exact) mass is 390 g/mol. The van der Waals surface area contributed by atoms with Gasteiger partial charge in [0, 0.05) is 45.4 Å². The van der Waals surface area contributed by atoms with Crippen molar-refractivity contribution in [2.45, 2.75) is 23.8 Å². The Balaban J connectivity index is 1.84. The molecule has 26 heavy (non-hydrogen) atoms. The maximum absolute atomic E-state index is 14.2. The minimum atomic E-state index is -4.15. The van der Waals surface area contributed by atoms with Gasteiger partial charge in [0.2, 0.25) is 10.0 Å².